The van der Waals surface area contributed by atoms with Crippen molar-refractivity contribution in [2.24, 2.45) is 0 Å². The van der Waals surface area contributed by atoms with Crippen LogP contribution in [0.4, 0.5) is 0 Å². The first kappa shape index (κ1) is 31.3. The van der Waals surface area contributed by atoms with Crippen molar-refractivity contribution in [1.29, 1.82) is 0 Å². The molecule has 6 nitrogen and oxygen atoms in total. The minimum atomic E-state index is -0.395. The highest BCUT2D eigenvalue weighted by atomic mass is 16.3. The second-order valence-corrected chi connectivity index (χ2v) is 8.86. The number of amides is 2. The molecule has 0 rings (SSSR count). The van der Waals surface area contributed by atoms with Crippen molar-refractivity contribution in [2.45, 2.75) is 104 Å². The molecule has 33 heavy (non-hydrogen) atoms. The van der Waals surface area contributed by atoms with E-state index in [9.17, 15) is 14.7 Å². The van der Waals surface area contributed by atoms with E-state index in [4.69, 9.17) is 0 Å². The molecule has 3 N–H and O–H groups in total. The molecule has 1 atom stereocenters. The molecule has 0 spiro atoms. The number of allylic oxidation sites excluding steroid dienone is 4. The Balaban J connectivity index is 3.91. The molecule has 0 aromatic heterocycles. The van der Waals surface area contributed by atoms with Gasteiger partial charge in [0.1, 0.15) is 0 Å². The van der Waals surface area contributed by atoms with Gasteiger partial charge in [-0.05, 0) is 58.5 Å². The average Bonchev–Trinajstić information content (AvgIpc) is 2.78. The van der Waals surface area contributed by atoms with E-state index < -0.39 is 6.10 Å². The van der Waals surface area contributed by atoms with Gasteiger partial charge in [0.2, 0.25) is 11.8 Å². The van der Waals surface area contributed by atoms with Gasteiger partial charge < -0.3 is 20.6 Å². The smallest absolute Gasteiger partial charge is 0.220 e. The van der Waals surface area contributed by atoms with Gasteiger partial charge in [0.15, 0.2) is 0 Å². The van der Waals surface area contributed by atoms with Gasteiger partial charge in [-0.3, -0.25) is 9.59 Å². The largest absolute Gasteiger partial charge is 0.392 e. The summed E-state index contributed by atoms with van der Waals surface area (Å²) in [6.07, 6.45) is 19.5. The van der Waals surface area contributed by atoms with Gasteiger partial charge in [0.05, 0.1) is 6.10 Å². The van der Waals surface area contributed by atoms with E-state index in [2.05, 4.69) is 53.7 Å². The number of aliphatic hydroxyl groups is 1. The number of rotatable bonds is 22. The van der Waals surface area contributed by atoms with Crippen molar-refractivity contribution in [1.82, 2.24) is 15.5 Å². The maximum atomic E-state index is 11.9. The highest BCUT2D eigenvalue weighted by Gasteiger charge is 2.09. The number of hydrogen-bond acceptors (Lipinski definition) is 4. The molecule has 0 aliphatic heterocycles. The van der Waals surface area contributed by atoms with Crippen LogP contribution in [0, 0.1) is 0 Å². The predicted octanol–water partition coefficient (Wildman–Crippen LogP) is 4.74. The Kier molecular flexibility index (Phi) is 22.3. The second-order valence-electron chi connectivity index (χ2n) is 8.86. The lowest BCUT2D eigenvalue weighted by atomic mass is 10.2. The molecule has 1 unspecified atom stereocenters. The predicted molar refractivity (Wildman–Crippen MR) is 139 cm³/mol. The van der Waals surface area contributed by atoms with Crippen molar-refractivity contribution < 1.29 is 14.7 Å². The van der Waals surface area contributed by atoms with Crippen molar-refractivity contribution >= 4 is 11.8 Å². The topological polar surface area (TPSA) is 81.7 Å². The number of carbonyl (C=O) groups excluding carboxylic acids is 2. The molecule has 0 saturated carbocycles. The molecule has 0 saturated heterocycles. The molecule has 0 bridgehead atoms. The quantitative estimate of drug-likeness (QED) is 0.159. The Bertz CT molecular complexity index is 491. The molecule has 0 aliphatic carbocycles. The van der Waals surface area contributed by atoms with E-state index in [1.165, 1.54) is 25.7 Å². The van der Waals surface area contributed by atoms with E-state index in [-0.39, 0.29) is 11.8 Å². The first-order valence-electron chi connectivity index (χ1n) is 13.2. The Morgan fingerprint density at radius 1 is 0.758 bits per heavy atom. The van der Waals surface area contributed by atoms with Crippen LogP contribution in [-0.2, 0) is 9.59 Å². The van der Waals surface area contributed by atoms with Crippen molar-refractivity contribution in [3.8, 4) is 0 Å². The van der Waals surface area contributed by atoms with Crippen LogP contribution in [0.15, 0.2) is 24.3 Å². The summed E-state index contributed by atoms with van der Waals surface area (Å²) in [7, 11) is 0. The molecule has 6 heteroatoms. The van der Waals surface area contributed by atoms with Crippen LogP contribution < -0.4 is 10.6 Å². The third-order valence-electron chi connectivity index (χ3n) is 5.33. The van der Waals surface area contributed by atoms with Gasteiger partial charge >= 0.3 is 0 Å². The Labute approximate surface area is 203 Å². The summed E-state index contributed by atoms with van der Waals surface area (Å²) < 4.78 is 0. The average molecular weight is 466 g/mol. The summed E-state index contributed by atoms with van der Waals surface area (Å²) >= 11 is 0. The van der Waals surface area contributed by atoms with E-state index in [0.717, 1.165) is 51.6 Å². The zero-order valence-electron chi connectivity index (χ0n) is 21.6. The van der Waals surface area contributed by atoms with Crippen molar-refractivity contribution in [2.75, 3.05) is 32.7 Å². The molecule has 0 aromatic carbocycles. The maximum Gasteiger partial charge on any atom is 0.220 e. The third kappa shape index (κ3) is 23.3. The van der Waals surface area contributed by atoms with E-state index in [0.29, 0.717) is 32.5 Å². The second kappa shape index (κ2) is 23.5. The first-order chi connectivity index (χ1) is 16.0. The lowest BCUT2D eigenvalue weighted by molar-refractivity contribution is -0.121. The van der Waals surface area contributed by atoms with Crippen molar-refractivity contribution in [3.05, 3.63) is 24.3 Å². The van der Waals surface area contributed by atoms with Crippen LogP contribution >= 0.6 is 0 Å². The highest BCUT2D eigenvalue weighted by Crippen LogP contribution is 2.01. The molecular formula is C27H51N3O3. The molecule has 0 fully saturated rings. The summed E-state index contributed by atoms with van der Waals surface area (Å²) in [6.45, 7) is 9.69. The fraction of sp³-hybridized carbons (Fsp3) is 0.778. The highest BCUT2D eigenvalue weighted by molar-refractivity contribution is 5.76. The van der Waals surface area contributed by atoms with E-state index >= 15 is 0 Å². The summed E-state index contributed by atoms with van der Waals surface area (Å²) in [5.41, 5.74) is 0. The zero-order chi connectivity index (χ0) is 24.6. The molecule has 0 radical (unpaired) electrons. The lowest BCUT2D eigenvalue weighted by Crippen LogP contribution is -2.36. The van der Waals surface area contributed by atoms with E-state index in [1.54, 1.807) is 6.92 Å². The molecule has 0 heterocycles. The molecular weight excluding hydrogens is 414 g/mol. The fourth-order valence-electron chi connectivity index (χ4n) is 3.45. The van der Waals surface area contributed by atoms with Gasteiger partial charge in [-0.25, -0.2) is 0 Å². The van der Waals surface area contributed by atoms with Crippen molar-refractivity contribution in [3.63, 3.8) is 0 Å². The minimum Gasteiger partial charge on any atom is -0.392 e. The van der Waals surface area contributed by atoms with Crippen LogP contribution in [0.25, 0.3) is 0 Å². The molecule has 0 aliphatic rings. The standard InChI is InChI=1S/C27H51N3O3/c1-4-6-8-10-12-14-18-26(32)28-20-16-22-30(24-25(3)31)23-17-21-29-27(33)19-15-13-11-9-7-5-2/h10-13,25,31H,4-9,14-24H2,1-3H3,(H,28,32)(H,29,33)/b12-10+,13-11+. The molecule has 2 amide bonds. The Morgan fingerprint density at radius 3 is 1.58 bits per heavy atom. The number of unbranched alkanes of at least 4 members (excludes halogenated alkanes) is 4. The number of nitrogens with zero attached hydrogens (tertiary/aromatic N) is 1. The Hall–Kier alpha value is -1.66. The number of carbonyl (C=O) groups is 2. The van der Waals surface area contributed by atoms with E-state index in [1.807, 2.05) is 0 Å². The van der Waals surface area contributed by atoms with Crippen LogP contribution in [0.1, 0.15) is 97.8 Å². The fourth-order valence-corrected chi connectivity index (χ4v) is 3.45. The zero-order valence-corrected chi connectivity index (χ0v) is 21.6. The first-order valence-corrected chi connectivity index (χ1v) is 13.2. The minimum absolute atomic E-state index is 0.0974. The van der Waals surface area contributed by atoms with Crippen LogP contribution in [-0.4, -0.2) is 60.6 Å². The van der Waals surface area contributed by atoms with Gasteiger partial charge in [-0.15, -0.1) is 0 Å². The van der Waals surface area contributed by atoms with Crippen LogP contribution in [0.5, 0.6) is 0 Å². The summed E-state index contributed by atoms with van der Waals surface area (Å²) in [5.74, 6) is 0.195. The Morgan fingerprint density at radius 2 is 1.18 bits per heavy atom. The summed E-state index contributed by atoms with van der Waals surface area (Å²) in [5, 5.41) is 15.7. The van der Waals surface area contributed by atoms with Crippen LogP contribution in [0.3, 0.4) is 0 Å². The molecule has 192 valence electrons. The molecule has 0 aromatic rings. The van der Waals surface area contributed by atoms with Crippen LogP contribution in [0.2, 0.25) is 0 Å². The maximum absolute atomic E-state index is 11.9. The SMILES string of the molecule is CCCC/C=C/CCC(=O)NCCCN(CCCNC(=O)CC/C=C/CCCC)CC(C)O. The summed E-state index contributed by atoms with van der Waals surface area (Å²) in [6, 6.07) is 0. The normalized spacial score (nSPS) is 12.6. The third-order valence-corrected chi connectivity index (χ3v) is 5.33. The number of hydrogen-bond donors (Lipinski definition) is 3. The monoisotopic (exact) mass is 465 g/mol. The number of nitrogens with one attached hydrogen (secondary N) is 2. The summed E-state index contributed by atoms with van der Waals surface area (Å²) in [4.78, 5) is 26.1. The van der Waals surface area contributed by atoms with Gasteiger partial charge in [-0.1, -0.05) is 63.8 Å². The van der Waals surface area contributed by atoms with Gasteiger partial charge in [-0.2, -0.15) is 0 Å². The van der Waals surface area contributed by atoms with Gasteiger partial charge in [0.25, 0.3) is 0 Å². The lowest BCUT2D eigenvalue weighted by Gasteiger charge is -2.23. The number of aliphatic hydroxyl groups excluding tert-OH is 1. The van der Waals surface area contributed by atoms with Gasteiger partial charge in [0, 0.05) is 32.5 Å².